The maximum atomic E-state index is 10.9. The molecule has 6 nitrogen and oxygen atoms in total. The van der Waals surface area contributed by atoms with E-state index in [9.17, 15) is 20.0 Å². The van der Waals surface area contributed by atoms with Crippen molar-refractivity contribution in [2.45, 2.75) is 0 Å². The number of nitro benzene ring substituents is 1. The van der Waals surface area contributed by atoms with E-state index in [1.54, 1.807) is 0 Å². The van der Waals surface area contributed by atoms with Crippen LogP contribution in [-0.4, -0.2) is 15.0 Å². The van der Waals surface area contributed by atoms with Crippen LogP contribution in [-0.2, 0) is 0 Å². The summed E-state index contributed by atoms with van der Waals surface area (Å²) in [7, 11) is 0. The van der Waals surface area contributed by atoms with Crippen LogP contribution in [0, 0.1) is 10.1 Å². The number of aromatic amines is 1. The Morgan fingerprint density at radius 1 is 1.50 bits per heavy atom. The summed E-state index contributed by atoms with van der Waals surface area (Å²) in [4.78, 5) is 22.7. The van der Waals surface area contributed by atoms with Crippen LogP contribution in [0.4, 0.5) is 5.69 Å². The predicted octanol–water partition coefficient (Wildman–Crippen LogP) is 1.20. The molecule has 72 valence electrons. The molecule has 2 rings (SSSR count). The lowest BCUT2D eigenvalue weighted by Crippen LogP contribution is -1.90. The van der Waals surface area contributed by atoms with E-state index >= 15 is 0 Å². The van der Waals surface area contributed by atoms with Crippen molar-refractivity contribution in [2.75, 3.05) is 0 Å². The number of hydrogen-bond donors (Lipinski definition) is 2. The van der Waals surface area contributed by atoms with Crippen LogP contribution >= 0.6 is 11.3 Å². The summed E-state index contributed by atoms with van der Waals surface area (Å²) in [5.41, 5.74) is 0.0100. The summed E-state index contributed by atoms with van der Waals surface area (Å²) in [5, 5.41) is 19.8. The first-order valence-electron chi connectivity index (χ1n) is 3.58. The highest BCUT2D eigenvalue weighted by Gasteiger charge is 2.13. The summed E-state index contributed by atoms with van der Waals surface area (Å²) >= 11 is 0.822. The first-order chi connectivity index (χ1) is 6.58. The van der Waals surface area contributed by atoms with Gasteiger partial charge in [-0.3, -0.25) is 14.9 Å². The highest BCUT2D eigenvalue weighted by Crippen LogP contribution is 2.29. The quantitative estimate of drug-likeness (QED) is 0.548. The Balaban J connectivity index is 2.84. The number of thiazole rings is 1. The lowest BCUT2D eigenvalue weighted by Gasteiger charge is -1.94. The van der Waals surface area contributed by atoms with E-state index in [2.05, 4.69) is 4.98 Å². The number of fused-ring (bicyclic) bond motifs is 1. The van der Waals surface area contributed by atoms with Crippen LogP contribution < -0.4 is 4.87 Å². The molecule has 1 aromatic carbocycles. The van der Waals surface area contributed by atoms with Gasteiger partial charge >= 0.3 is 4.87 Å². The van der Waals surface area contributed by atoms with Crippen LogP contribution in [0.25, 0.3) is 10.2 Å². The van der Waals surface area contributed by atoms with Crippen molar-refractivity contribution >= 4 is 27.2 Å². The Hall–Kier alpha value is -1.89. The zero-order valence-electron chi connectivity index (χ0n) is 6.68. The van der Waals surface area contributed by atoms with Crippen molar-refractivity contribution < 1.29 is 10.0 Å². The minimum atomic E-state index is -0.622. The third-order valence-electron chi connectivity index (χ3n) is 1.71. The third kappa shape index (κ3) is 1.23. The van der Waals surface area contributed by atoms with Crippen molar-refractivity contribution in [3.8, 4) is 5.75 Å². The average Bonchev–Trinajstić information content (AvgIpc) is 2.45. The Morgan fingerprint density at radius 2 is 2.21 bits per heavy atom. The number of aromatic nitrogens is 1. The molecule has 0 aliphatic heterocycles. The van der Waals surface area contributed by atoms with Crippen molar-refractivity contribution in [3.05, 3.63) is 31.9 Å². The van der Waals surface area contributed by atoms with Gasteiger partial charge in [-0.15, -0.1) is 0 Å². The smallest absolute Gasteiger partial charge is 0.305 e. The van der Waals surface area contributed by atoms with Gasteiger partial charge in [-0.2, -0.15) is 0 Å². The minimum Gasteiger partial charge on any atom is -0.505 e. The van der Waals surface area contributed by atoms with Crippen LogP contribution in [0.5, 0.6) is 5.75 Å². The lowest BCUT2D eigenvalue weighted by atomic mass is 10.3. The van der Waals surface area contributed by atoms with Crippen molar-refractivity contribution in [2.24, 2.45) is 0 Å². The van der Waals surface area contributed by atoms with Crippen LogP contribution in [0.15, 0.2) is 16.9 Å². The molecule has 7 heteroatoms. The molecule has 2 aromatic rings. The fraction of sp³-hybridized carbons (Fsp3) is 0. The van der Waals surface area contributed by atoms with Gasteiger partial charge in [0.2, 0.25) is 0 Å². The first kappa shape index (κ1) is 8.70. The predicted molar refractivity (Wildman–Crippen MR) is 50.8 cm³/mol. The largest absolute Gasteiger partial charge is 0.505 e. The maximum Gasteiger partial charge on any atom is 0.305 e. The van der Waals surface area contributed by atoms with Crippen molar-refractivity contribution in [3.63, 3.8) is 0 Å². The molecule has 0 aliphatic rings. The highest BCUT2D eigenvalue weighted by molar-refractivity contribution is 7.16. The molecule has 1 heterocycles. The van der Waals surface area contributed by atoms with E-state index in [-0.39, 0.29) is 21.8 Å². The second-order valence-corrected chi connectivity index (χ2v) is 3.62. The molecule has 0 aliphatic carbocycles. The number of benzene rings is 1. The Kier molecular flexibility index (Phi) is 1.74. The number of phenolic OH excluding ortho intramolecular Hbond substituents is 1. The Labute approximate surface area is 80.6 Å². The fourth-order valence-electron chi connectivity index (χ4n) is 1.13. The Morgan fingerprint density at radius 3 is 2.86 bits per heavy atom. The lowest BCUT2D eigenvalue weighted by molar-refractivity contribution is -0.384. The summed E-state index contributed by atoms with van der Waals surface area (Å²) in [6, 6.07) is 2.25. The van der Waals surface area contributed by atoms with Gasteiger partial charge in [0.1, 0.15) is 11.3 Å². The summed E-state index contributed by atoms with van der Waals surface area (Å²) in [5.74, 6) is -0.285. The topological polar surface area (TPSA) is 96.2 Å². The monoisotopic (exact) mass is 212 g/mol. The molecule has 0 radical (unpaired) electrons. The van der Waals surface area contributed by atoms with Gasteiger partial charge in [0.15, 0.2) is 0 Å². The Bertz CT molecular complexity index is 571. The maximum absolute atomic E-state index is 10.9. The number of hydrogen-bond acceptors (Lipinski definition) is 5. The molecule has 0 saturated carbocycles. The van der Waals surface area contributed by atoms with Crippen molar-refractivity contribution in [1.29, 1.82) is 0 Å². The van der Waals surface area contributed by atoms with Crippen LogP contribution in [0.1, 0.15) is 0 Å². The summed E-state index contributed by atoms with van der Waals surface area (Å²) in [6.45, 7) is 0. The van der Waals surface area contributed by atoms with Gasteiger partial charge in [-0.05, 0) is 0 Å². The van der Waals surface area contributed by atoms with E-state index in [1.165, 1.54) is 6.07 Å². The average molecular weight is 212 g/mol. The normalized spacial score (nSPS) is 10.6. The van der Waals surface area contributed by atoms with Crippen LogP contribution in [0.3, 0.4) is 0 Å². The zero-order chi connectivity index (χ0) is 10.3. The van der Waals surface area contributed by atoms with Crippen LogP contribution in [0.2, 0.25) is 0 Å². The highest BCUT2D eigenvalue weighted by atomic mass is 32.1. The second kappa shape index (κ2) is 2.81. The number of nitrogens with one attached hydrogen (secondary N) is 1. The molecule has 14 heavy (non-hydrogen) atoms. The van der Waals surface area contributed by atoms with E-state index in [4.69, 9.17) is 0 Å². The number of nitro groups is 1. The van der Waals surface area contributed by atoms with E-state index in [1.807, 2.05) is 0 Å². The standard InChI is InChI=1S/C7H4N2O4S/c10-4-1-3(9(12)13)2-5-6(4)8-7(11)14-5/h1-2,10H,(H,8,11). The number of H-pyrrole nitrogens is 1. The number of phenols is 1. The summed E-state index contributed by atoms with van der Waals surface area (Å²) in [6.07, 6.45) is 0. The molecule has 0 amide bonds. The third-order valence-corrected chi connectivity index (χ3v) is 2.54. The molecule has 0 atom stereocenters. The van der Waals surface area contributed by atoms with Gasteiger partial charge < -0.3 is 10.1 Å². The zero-order valence-corrected chi connectivity index (χ0v) is 7.50. The molecule has 0 bridgehead atoms. The number of nitrogens with zero attached hydrogens (tertiary/aromatic N) is 1. The molecule has 0 saturated heterocycles. The fourth-order valence-corrected chi connectivity index (χ4v) is 1.92. The molecule has 0 spiro atoms. The van der Waals surface area contributed by atoms with E-state index in [0.717, 1.165) is 17.4 Å². The molecular formula is C7H4N2O4S. The molecular weight excluding hydrogens is 208 g/mol. The van der Waals surface area contributed by atoms with E-state index in [0.29, 0.717) is 4.70 Å². The van der Waals surface area contributed by atoms with E-state index < -0.39 is 4.92 Å². The van der Waals surface area contributed by atoms with Gasteiger partial charge in [-0.25, -0.2) is 0 Å². The molecule has 1 aromatic heterocycles. The minimum absolute atomic E-state index is 0.231. The molecule has 2 N–H and O–H groups in total. The SMILES string of the molecule is O=c1[nH]c2c(O)cc([N+](=O)[O-])cc2s1. The first-order valence-corrected chi connectivity index (χ1v) is 4.40. The van der Waals surface area contributed by atoms with Crippen molar-refractivity contribution in [1.82, 2.24) is 4.98 Å². The molecule has 0 unspecified atom stereocenters. The van der Waals surface area contributed by atoms with Gasteiger partial charge in [-0.1, -0.05) is 11.3 Å². The molecule has 0 fully saturated rings. The van der Waals surface area contributed by atoms with Gasteiger partial charge in [0.05, 0.1) is 15.7 Å². The number of rotatable bonds is 1. The van der Waals surface area contributed by atoms with Gasteiger partial charge in [0, 0.05) is 6.07 Å². The number of non-ortho nitro benzene ring substituents is 1. The van der Waals surface area contributed by atoms with Gasteiger partial charge in [0.25, 0.3) is 5.69 Å². The number of aromatic hydroxyl groups is 1. The summed E-state index contributed by atoms with van der Waals surface area (Å²) < 4.78 is 0.377. The second-order valence-electron chi connectivity index (χ2n) is 2.61.